The number of hydrogen-bond acceptors (Lipinski definition) is 6. The van der Waals surface area contributed by atoms with Gasteiger partial charge >= 0.3 is 0 Å². The molecular weight excluding hydrogens is 268 g/mol. The number of H-pyrrole nitrogens is 1. The summed E-state index contributed by atoms with van der Waals surface area (Å²) in [6.45, 7) is 1.77. The van der Waals surface area contributed by atoms with Gasteiger partial charge in [-0.05, 0) is 30.7 Å². The number of nitrogens with zero attached hydrogens (tertiary/aromatic N) is 3. The predicted octanol–water partition coefficient (Wildman–Crippen LogP) is 1.13. The molecule has 0 bridgehead atoms. The summed E-state index contributed by atoms with van der Waals surface area (Å²) in [5, 5.41) is 12.4. The highest BCUT2D eigenvalue weighted by Crippen LogP contribution is 2.29. The molecule has 102 valence electrons. The molecule has 7 nitrogen and oxygen atoms in total. The lowest BCUT2D eigenvalue weighted by Gasteiger charge is -2.12. The highest BCUT2D eigenvalue weighted by Gasteiger charge is 2.30. The number of benzene rings is 1. The van der Waals surface area contributed by atoms with Gasteiger partial charge in [0, 0.05) is 0 Å². The second-order valence-corrected chi connectivity index (χ2v) is 6.02. The zero-order chi connectivity index (χ0) is 13.9. The minimum Gasteiger partial charge on any atom is -0.497 e. The number of aromatic amines is 1. The molecule has 1 aromatic heterocycles. The first-order valence-corrected chi connectivity index (χ1v) is 7.25. The Morgan fingerprint density at radius 2 is 2.00 bits per heavy atom. The number of methoxy groups -OCH3 is 1. The fourth-order valence-corrected chi connectivity index (χ4v) is 3.44. The molecule has 0 aliphatic heterocycles. The van der Waals surface area contributed by atoms with Crippen molar-refractivity contribution in [1.29, 1.82) is 0 Å². The first-order chi connectivity index (χ1) is 9.09. The van der Waals surface area contributed by atoms with Crippen LogP contribution in [-0.2, 0) is 9.84 Å². The molecule has 0 unspecified atom stereocenters. The number of tetrazole rings is 1. The van der Waals surface area contributed by atoms with Gasteiger partial charge in [0.25, 0.3) is 0 Å². The molecule has 19 heavy (non-hydrogen) atoms. The van der Waals surface area contributed by atoms with Crippen molar-refractivity contribution in [3.63, 3.8) is 0 Å². The summed E-state index contributed by atoms with van der Waals surface area (Å²) >= 11 is 0. The van der Waals surface area contributed by atoms with Crippen molar-refractivity contribution in [2.24, 2.45) is 0 Å². The zero-order valence-corrected chi connectivity index (χ0v) is 11.4. The quantitative estimate of drug-likeness (QED) is 0.882. The number of ether oxygens (including phenoxy) is 1. The van der Waals surface area contributed by atoms with Crippen molar-refractivity contribution in [3.05, 3.63) is 30.1 Å². The molecular formula is C11H14N4O3S. The number of nitrogens with one attached hydrogen (secondary N) is 1. The standard InChI is InChI=1S/C11H14N4O3S/c1-3-10(11-12-14-15-13-11)19(16,17)9-6-4-8(18-2)5-7-9/h4-7,10H,3H2,1-2H3,(H,12,13,14,15)/t10-/m0/s1. The third kappa shape index (κ3) is 2.58. The molecule has 8 heteroatoms. The fraction of sp³-hybridized carbons (Fsp3) is 0.364. The topological polar surface area (TPSA) is 97.8 Å². The molecule has 1 heterocycles. The van der Waals surface area contributed by atoms with Crippen molar-refractivity contribution in [3.8, 4) is 5.75 Å². The van der Waals surface area contributed by atoms with Gasteiger partial charge in [0.15, 0.2) is 15.7 Å². The predicted molar refractivity (Wildman–Crippen MR) is 67.4 cm³/mol. The molecule has 0 aliphatic rings. The van der Waals surface area contributed by atoms with Gasteiger partial charge in [-0.1, -0.05) is 12.1 Å². The van der Waals surface area contributed by atoms with Crippen molar-refractivity contribution < 1.29 is 13.2 Å². The molecule has 2 aromatic rings. The Hall–Kier alpha value is -1.96. The van der Waals surface area contributed by atoms with E-state index in [4.69, 9.17) is 4.74 Å². The molecule has 2 rings (SSSR count). The monoisotopic (exact) mass is 282 g/mol. The largest absolute Gasteiger partial charge is 0.497 e. The summed E-state index contributed by atoms with van der Waals surface area (Å²) in [6.07, 6.45) is 0.369. The van der Waals surface area contributed by atoms with Gasteiger partial charge in [0.1, 0.15) is 11.0 Å². The Morgan fingerprint density at radius 3 is 2.47 bits per heavy atom. The molecule has 1 atom stereocenters. The molecule has 0 fully saturated rings. The number of rotatable bonds is 5. The van der Waals surface area contributed by atoms with Gasteiger partial charge in [-0.15, -0.1) is 10.2 Å². The Kier molecular flexibility index (Phi) is 3.79. The molecule has 0 saturated carbocycles. The van der Waals surface area contributed by atoms with Gasteiger partial charge in [-0.3, -0.25) is 0 Å². The van der Waals surface area contributed by atoms with Crippen LogP contribution in [0.1, 0.15) is 24.4 Å². The van der Waals surface area contributed by atoms with Crippen LogP contribution in [0.5, 0.6) is 5.75 Å². The van der Waals surface area contributed by atoms with Crippen LogP contribution in [-0.4, -0.2) is 36.2 Å². The van der Waals surface area contributed by atoms with E-state index in [-0.39, 0.29) is 10.7 Å². The third-order valence-electron chi connectivity index (χ3n) is 2.78. The van der Waals surface area contributed by atoms with Crippen LogP contribution in [0.15, 0.2) is 29.2 Å². The molecule has 0 radical (unpaired) electrons. The van der Waals surface area contributed by atoms with Gasteiger partial charge in [0.05, 0.1) is 12.0 Å². The van der Waals surface area contributed by atoms with Crippen LogP contribution in [0, 0.1) is 0 Å². The van der Waals surface area contributed by atoms with E-state index >= 15 is 0 Å². The summed E-state index contributed by atoms with van der Waals surface area (Å²) in [5.41, 5.74) is 0. The van der Waals surface area contributed by atoms with Crippen molar-refractivity contribution in [2.45, 2.75) is 23.5 Å². The minimum atomic E-state index is -3.54. The first-order valence-electron chi connectivity index (χ1n) is 5.71. The maximum absolute atomic E-state index is 12.5. The van der Waals surface area contributed by atoms with Gasteiger partial charge < -0.3 is 4.74 Å². The summed E-state index contributed by atoms with van der Waals surface area (Å²) in [5.74, 6) is 0.782. The Bertz CT molecular complexity index is 622. The van der Waals surface area contributed by atoms with E-state index in [0.29, 0.717) is 12.2 Å². The van der Waals surface area contributed by atoms with Gasteiger partial charge in [-0.2, -0.15) is 5.21 Å². The second-order valence-electron chi connectivity index (χ2n) is 3.89. The van der Waals surface area contributed by atoms with Crippen LogP contribution < -0.4 is 4.74 Å². The van der Waals surface area contributed by atoms with E-state index < -0.39 is 15.1 Å². The summed E-state index contributed by atoms with van der Waals surface area (Å²) in [6, 6.07) is 6.24. The number of hydrogen-bond donors (Lipinski definition) is 1. The third-order valence-corrected chi connectivity index (χ3v) is 5.01. The van der Waals surface area contributed by atoms with Gasteiger partial charge in [0.2, 0.25) is 0 Å². The Morgan fingerprint density at radius 1 is 1.32 bits per heavy atom. The maximum Gasteiger partial charge on any atom is 0.192 e. The smallest absolute Gasteiger partial charge is 0.192 e. The number of sulfone groups is 1. The molecule has 0 aliphatic carbocycles. The summed E-state index contributed by atoms with van der Waals surface area (Å²) in [4.78, 5) is 0.213. The lowest BCUT2D eigenvalue weighted by molar-refractivity contribution is 0.414. The van der Waals surface area contributed by atoms with E-state index in [2.05, 4.69) is 20.6 Å². The van der Waals surface area contributed by atoms with Crippen molar-refractivity contribution in [2.75, 3.05) is 7.11 Å². The maximum atomic E-state index is 12.5. The van der Waals surface area contributed by atoms with E-state index in [0.717, 1.165) is 0 Å². The van der Waals surface area contributed by atoms with E-state index in [1.165, 1.54) is 19.2 Å². The molecule has 1 aromatic carbocycles. The highest BCUT2D eigenvalue weighted by atomic mass is 32.2. The minimum absolute atomic E-state index is 0.179. The van der Waals surface area contributed by atoms with E-state index in [1.807, 2.05) is 0 Å². The van der Waals surface area contributed by atoms with Crippen LogP contribution in [0.25, 0.3) is 0 Å². The van der Waals surface area contributed by atoms with Gasteiger partial charge in [-0.25, -0.2) is 8.42 Å². The molecule has 1 N–H and O–H groups in total. The molecule has 0 spiro atoms. The lowest BCUT2D eigenvalue weighted by atomic mass is 10.3. The summed E-state index contributed by atoms with van der Waals surface area (Å²) < 4.78 is 30.0. The first kappa shape index (κ1) is 13.5. The van der Waals surface area contributed by atoms with Crippen LogP contribution in [0.2, 0.25) is 0 Å². The molecule has 0 amide bonds. The van der Waals surface area contributed by atoms with Crippen LogP contribution in [0.3, 0.4) is 0 Å². The summed E-state index contributed by atoms with van der Waals surface area (Å²) in [7, 11) is -2.01. The average Bonchev–Trinajstić information content (AvgIpc) is 2.93. The van der Waals surface area contributed by atoms with Crippen LogP contribution >= 0.6 is 0 Å². The average molecular weight is 282 g/mol. The van der Waals surface area contributed by atoms with Crippen LogP contribution in [0.4, 0.5) is 0 Å². The fourth-order valence-electron chi connectivity index (χ4n) is 1.78. The van der Waals surface area contributed by atoms with Crippen molar-refractivity contribution in [1.82, 2.24) is 20.6 Å². The zero-order valence-electron chi connectivity index (χ0n) is 10.6. The SMILES string of the molecule is CC[C@@H](c1nn[nH]n1)S(=O)(=O)c1ccc(OC)cc1. The highest BCUT2D eigenvalue weighted by molar-refractivity contribution is 7.91. The molecule has 0 saturated heterocycles. The second kappa shape index (κ2) is 5.35. The van der Waals surface area contributed by atoms with E-state index in [9.17, 15) is 8.42 Å². The normalized spacial score (nSPS) is 13.2. The van der Waals surface area contributed by atoms with Crippen molar-refractivity contribution >= 4 is 9.84 Å². The van der Waals surface area contributed by atoms with E-state index in [1.54, 1.807) is 19.1 Å². The lowest BCUT2D eigenvalue weighted by Crippen LogP contribution is -2.14. The Balaban J connectivity index is 2.39. The number of aromatic nitrogens is 4. The Labute approximate surface area is 110 Å².